The molecule has 1 saturated carbocycles. The quantitative estimate of drug-likeness (QED) is 0.644. The molecule has 0 aromatic heterocycles. The lowest BCUT2D eigenvalue weighted by atomic mass is 10.1. The highest BCUT2D eigenvalue weighted by Gasteiger charge is 2.23. The van der Waals surface area contributed by atoms with Gasteiger partial charge in [0.05, 0.1) is 30.1 Å². The Bertz CT molecular complexity index is 950. The molecule has 1 aliphatic heterocycles. The van der Waals surface area contributed by atoms with Crippen molar-refractivity contribution in [3.05, 3.63) is 54.1 Å². The van der Waals surface area contributed by atoms with Crippen molar-refractivity contribution in [3.63, 3.8) is 0 Å². The van der Waals surface area contributed by atoms with Crippen LogP contribution >= 0.6 is 0 Å². The van der Waals surface area contributed by atoms with Crippen LogP contribution in [0, 0.1) is 0 Å². The van der Waals surface area contributed by atoms with Crippen LogP contribution in [0.4, 0.5) is 11.4 Å². The van der Waals surface area contributed by atoms with Gasteiger partial charge in [0.15, 0.2) is 0 Å². The number of carbonyl (C=O) groups excluding carboxylic acids is 2. The Labute approximate surface area is 196 Å². The third kappa shape index (κ3) is 6.05. The lowest BCUT2D eigenvalue weighted by Gasteiger charge is -2.36. The van der Waals surface area contributed by atoms with Gasteiger partial charge in [-0.15, -0.1) is 0 Å². The van der Waals surface area contributed by atoms with Gasteiger partial charge in [-0.2, -0.15) is 0 Å². The molecule has 2 fully saturated rings. The summed E-state index contributed by atoms with van der Waals surface area (Å²) in [6.45, 7) is 6.17. The van der Waals surface area contributed by atoms with Crippen LogP contribution in [0.1, 0.15) is 43.0 Å². The summed E-state index contributed by atoms with van der Waals surface area (Å²) in [6, 6.07) is 15.6. The minimum atomic E-state index is -0.112. The molecule has 0 bridgehead atoms. The molecule has 2 aliphatic rings. The lowest BCUT2D eigenvalue weighted by Crippen LogP contribution is -2.48. The van der Waals surface area contributed by atoms with Crippen LogP contribution in [0.3, 0.4) is 0 Å². The molecule has 4 rings (SSSR count). The normalized spacial score (nSPS) is 17.1. The van der Waals surface area contributed by atoms with Crippen LogP contribution < -0.4 is 20.3 Å². The van der Waals surface area contributed by atoms with Gasteiger partial charge in [-0.05, 0) is 44.0 Å². The minimum Gasteiger partial charge on any atom is -0.492 e. The van der Waals surface area contributed by atoms with Gasteiger partial charge in [0, 0.05) is 32.2 Å². The highest BCUT2D eigenvalue weighted by Crippen LogP contribution is 2.28. The van der Waals surface area contributed by atoms with E-state index in [-0.39, 0.29) is 17.9 Å². The van der Waals surface area contributed by atoms with E-state index in [2.05, 4.69) is 26.5 Å². The molecule has 2 amide bonds. The highest BCUT2D eigenvalue weighted by molar-refractivity contribution is 6.04. The fourth-order valence-electron chi connectivity index (χ4n) is 4.66. The molecule has 2 aromatic rings. The molecule has 0 radical (unpaired) electrons. The molecule has 1 saturated heterocycles. The van der Waals surface area contributed by atoms with Gasteiger partial charge in [0.2, 0.25) is 5.91 Å². The first-order chi connectivity index (χ1) is 16.1. The molecular weight excluding hydrogens is 416 g/mol. The van der Waals surface area contributed by atoms with Crippen LogP contribution in [-0.2, 0) is 4.79 Å². The minimum absolute atomic E-state index is 0.0979. The van der Waals surface area contributed by atoms with E-state index >= 15 is 0 Å². The molecule has 33 heavy (non-hydrogen) atoms. The third-order valence-electron chi connectivity index (χ3n) is 6.38. The number of amides is 2. The van der Waals surface area contributed by atoms with Crippen LogP contribution in [0.2, 0.25) is 0 Å². The van der Waals surface area contributed by atoms with E-state index in [0.717, 1.165) is 63.3 Å². The topological polar surface area (TPSA) is 73.9 Å². The SMILES string of the molecule is CCOc1ccccc1N1CCN(CC(=O)Nc2ccccc2C(=O)NC2CCCC2)CC1. The Morgan fingerprint density at radius 3 is 2.42 bits per heavy atom. The van der Waals surface area contributed by atoms with E-state index in [4.69, 9.17) is 4.74 Å². The molecule has 2 N–H and O–H groups in total. The largest absolute Gasteiger partial charge is 0.492 e. The zero-order chi connectivity index (χ0) is 23.0. The molecule has 0 spiro atoms. The molecular formula is C26H34N4O3. The smallest absolute Gasteiger partial charge is 0.253 e. The number of para-hydroxylation sites is 3. The van der Waals surface area contributed by atoms with Gasteiger partial charge in [-0.3, -0.25) is 14.5 Å². The number of ether oxygens (including phenoxy) is 1. The average Bonchev–Trinajstić information content (AvgIpc) is 3.33. The summed E-state index contributed by atoms with van der Waals surface area (Å²) in [7, 11) is 0. The Morgan fingerprint density at radius 1 is 0.970 bits per heavy atom. The maximum Gasteiger partial charge on any atom is 0.253 e. The number of carbonyl (C=O) groups is 2. The predicted octanol–water partition coefficient (Wildman–Crippen LogP) is 3.52. The predicted molar refractivity (Wildman–Crippen MR) is 131 cm³/mol. The third-order valence-corrected chi connectivity index (χ3v) is 6.38. The molecule has 0 atom stereocenters. The molecule has 1 aliphatic carbocycles. The van der Waals surface area contributed by atoms with E-state index in [0.29, 0.717) is 24.4 Å². The van der Waals surface area contributed by atoms with E-state index in [9.17, 15) is 9.59 Å². The summed E-state index contributed by atoms with van der Waals surface area (Å²) in [5.41, 5.74) is 2.20. The number of nitrogens with zero attached hydrogens (tertiary/aromatic N) is 2. The van der Waals surface area contributed by atoms with Crippen LogP contribution in [0.25, 0.3) is 0 Å². The van der Waals surface area contributed by atoms with Gasteiger partial charge in [-0.1, -0.05) is 37.1 Å². The van der Waals surface area contributed by atoms with Gasteiger partial charge in [0.25, 0.3) is 5.91 Å². The van der Waals surface area contributed by atoms with Crippen molar-refractivity contribution in [2.45, 2.75) is 38.6 Å². The van der Waals surface area contributed by atoms with E-state index < -0.39 is 0 Å². The van der Waals surface area contributed by atoms with Crippen molar-refractivity contribution in [3.8, 4) is 5.75 Å². The average molecular weight is 451 g/mol. The number of anilines is 2. The first-order valence-electron chi connectivity index (χ1n) is 12.0. The van der Waals surface area contributed by atoms with E-state index in [1.165, 1.54) is 0 Å². The number of benzene rings is 2. The summed E-state index contributed by atoms with van der Waals surface area (Å²) in [5, 5.41) is 6.07. The van der Waals surface area contributed by atoms with Crippen molar-refractivity contribution in [1.29, 1.82) is 0 Å². The van der Waals surface area contributed by atoms with E-state index in [1.54, 1.807) is 12.1 Å². The van der Waals surface area contributed by atoms with Gasteiger partial charge >= 0.3 is 0 Å². The van der Waals surface area contributed by atoms with Crippen LogP contribution in [0.5, 0.6) is 5.75 Å². The number of piperazine rings is 1. The van der Waals surface area contributed by atoms with Gasteiger partial charge in [-0.25, -0.2) is 0 Å². The number of hydrogen-bond donors (Lipinski definition) is 2. The molecule has 7 nitrogen and oxygen atoms in total. The summed E-state index contributed by atoms with van der Waals surface area (Å²) >= 11 is 0. The fourth-order valence-corrected chi connectivity index (χ4v) is 4.66. The molecule has 7 heteroatoms. The summed E-state index contributed by atoms with van der Waals surface area (Å²) < 4.78 is 5.77. The van der Waals surface area contributed by atoms with Crippen molar-refractivity contribution in [2.75, 3.05) is 49.5 Å². The monoisotopic (exact) mass is 450 g/mol. The highest BCUT2D eigenvalue weighted by atomic mass is 16.5. The second kappa shape index (κ2) is 11.2. The second-order valence-electron chi connectivity index (χ2n) is 8.71. The second-order valence-corrected chi connectivity index (χ2v) is 8.71. The Hall–Kier alpha value is -3.06. The Kier molecular flexibility index (Phi) is 7.83. The fraction of sp³-hybridized carbons (Fsp3) is 0.462. The first kappa shape index (κ1) is 23.1. The summed E-state index contributed by atoms with van der Waals surface area (Å²) in [4.78, 5) is 30.0. The molecule has 1 heterocycles. The van der Waals surface area contributed by atoms with E-state index in [1.807, 2.05) is 37.3 Å². The van der Waals surface area contributed by atoms with Crippen LogP contribution in [-0.4, -0.2) is 62.1 Å². The number of rotatable bonds is 8. The summed E-state index contributed by atoms with van der Waals surface area (Å²) in [5.74, 6) is 0.692. The maximum atomic E-state index is 12.8. The Morgan fingerprint density at radius 2 is 1.67 bits per heavy atom. The van der Waals surface area contributed by atoms with Gasteiger partial charge < -0.3 is 20.3 Å². The standard InChI is InChI=1S/C26H34N4O3/c1-2-33-24-14-8-7-13-23(24)30-17-15-29(16-18-30)19-25(31)28-22-12-6-5-11-21(22)26(32)27-20-9-3-4-10-20/h5-8,11-14,20H,2-4,9-10,15-19H2,1H3,(H,27,32)(H,28,31). The van der Waals surface area contributed by atoms with Crippen molar-refractivity contribution >= 4 is 23.2 Å². The maximum absolute atomic E-state index is 12.8. The van der Waals surface area contributed by atoms with Crippen molar-refractivity contribution in [1.82, 2.24) is 10.2 Å². The van der Waals surface area contributed by atoms with Gasteiger partial charge in [0.1, 0.15) is 5.75 Å². The van der Waals surface area contributed by atoms with Crippen molar-refractivity contribution in [2.24, 2.45) is 0 Å². The molecule has 2 aromatic carbocycles. The zero-order valence-electron chi connectivity index (χ0n) is 19.4. The molecule has 176 valence electrons. The number of nitrogens with one attached hydrogen (secondary N) is 2. The zero-order valence-corrected chi connectivity index (χ0v) is 19.4. The molecule has 0 unspecified atom stereocenters. The summed E-state index contributed by atoms with van der Waals surface area (Å²) in [6.07, 6.45) is 4.38. The lowest BCUT2D eigenvalue weighted by molar-refractivity contribution is -0.117. The Balaban J connectivity index is 1.30. The first-order valence-corrected chi connectivity index (χ1v) is 12.0. The number of hydrogen-bond acceptors (Lipinski definition) is 5. The van der Waals surface area contributed by atoms with Crippen molar-refractivity contribution < 1.29 is 14.3 Å². The van der Waals surface area contributed by atoms with Crippen LogP contribution in [0.15, 0.2) is 48.5 Å².